The topological polar surface area (TPSA) is 29.5 Å². The highest BCUT2D eigenvalue weighted by Crippen LogP contribution is 2.42. The Labute approximate surface area is 143 Å². The smallest absolute Gasteiger partial charge is 0.257 e. The maximum absolute atomic E-state index is 10.2. The largest absolute Gasteiger partial charge is 0.548 e. The average molecular weight is 335 g/mol. The molecular weight excluding hydrogens is 300 g/mol. The molecule has 23 heavy (non-hydrogen) atoms. The summed E-state index contributed by atoms with van der Waals surface area (Å²) in [7, 11) is -1.82. The first-order chi connectivity index (χ1) is 10.8. The zero-order valence-electron chi connectivity index (χ0n) is 15.6. The van der Waals surface area contributed by atoms with Gasteiger partial charge in [-0.15, -0.1) is 0 Å². The molecule has 0 aliphatic carbocycles. The van der Waals surface area contributed by atoms with E-state index in [0.29, 0.717) is 16.6 Å². The lowest BCUT2D eigenvalue weighted by Gasteiger charge is -2.41. The highest BCUT2D eigenvalue weighted by molar-refractivity contribution is 6.77. The van der Waals surface area contributed by atoms with Crippen LogP contribution in [0.2, 0.25) is 16.6 Å². The van der Waals surface area contributed by atoms with Crippen molar-refractivity contribution >= 4 is 8.32 Å². The number of aliphatic hydroxyl groups is 1. The molecule has 1 aromatic carbocycles. The van der Waals surface area contributed by atoms with Gasteiger partial charge in [0, 0.05) is 0 Å². The Morgan fingerprint density at radius 2 is 1.48 bits per heavy atom. The molecule has 1 aromatic rings. The molecule has 1 unspecified atom stereocenters. The van der Waals surface area contributed by atoms with Crippen molar-refractivity contribution in [2.45, 2.75) is 77.1 Å². The molecular formula is C20H34O2Si. The molecule has 0 radical (unpaired) electrons. The quantitative estimate of drug-likeness (QED) is 0.430. The molecule has 0 bridgehead atoms. The highest BCUT2D eigenvalue weighted by atomic mass is 28.4. The summed E-state index contributed by atoms with van der Waals surface area (Å²) in [6, 6.07) is 9.84. The Morgan fingerprint density at radius 1 is 0.957 bits per heavy atom. The Hall–Kier alpha value is -1.06. The Kier molecular flexibility index (Phi) is 8.07. The molecule has 3 heteroatoms. The van der Waals surface area contributed by atoms with E-state index in [-0.39, 0.29) is 0 Å². The fraction of sp³-hybridized carbons (Fsp3) is 0.600. The first-order valence-corrected chi connectivity index (χ1v) is 11.0. The van der Waals surface area contributed by atoms with E-state index in [4.69, 9.17) is 4.43 Å². The molecule has 130 valence electrons. The number of hydrogen-bond donors (Lipinski definition) is 1. The zero-order chi connectivity index (χ0) is 17.5. The molecule has 0 saturated heterocycles. The van der Waals surface area contributed by atoms with Crippen molar-refractivity contribution in [3.8, 4) is 0 Å². The fourth-order valence-electron chi connectivity index (χ4n) is 3.74. The second-order valence-corrected chi connectivity index (χ2v) is 12.7. The van der Waals surface area contributed by atoms with Gasteiger partial charge in [0.2, 0.25) is 0 Å². The van der Waals surface area contributed by atoms with Crippen LogP contribution in [-0.4, -0.2) is 13.4 Å². The summed E-state index contributed by atoms with van der Waals surface area (Å²) in [5, 5.41) is 10.2. The average Bonchev–Trinajstić information content (AvgIpc) is 2.50. The van der Waals surface area contributed by atoms with E-state index < -0.39 is 14.4 Å². The minimum absolute atomic E-state index is 0.400. The summed E-state index contributed by atoms with van der Waals surface area (Å²) >= 11 is 0. The summed E-state index contributed by atoms with van der Waals surface area (Å²) in [5.74, 6) is 0. The van der Waals surface area contributed by atoms with Gasteiger partial charge in [-0.05, 0) is 35.0 Å². The number of rotatable bonds is 9. The molecule has 1 N–H and O–H groups in total. The minimum atomic E-state index is -1.82. The fourth-order valence-corrected chi connectivity index (χ4v) is 8.89. The number of aliphatic hydroxyl groups excluding tert-OH is 1. The Morgan fingerprint density at radius 3 is 1.96 bits per heavy atom. The molecule has 0 aliphatic heterocycles. The van der Waals surface area contributed by atoms with Gasteiger partial charge in [-0.2, -0.15) is 0 Å². The van der Waals surface area contributed by atoms with Crippen LogP contribution in [0, 0.1) is 0 Å². The molecule has 0 saturated carbocycles. The molecule has 0 spiro atoms. The van der Waals surface area contributed by atoms with E-state index in [1.807, 2.05) is 36.6 Å². The van der Waals surface area contributed by atoms with E-state index >= 15 is 0 Å². The van der Waals surface area contributed by atoms with Crippen LogP contribution >= 0.6 is 0 Å². The lowest BCUT2D eigenvalue weighted by atomic mass is 10.1. The van der Waals surface area contributed by atoms with Gasteiger partial charge in [-0.25, -0.2) is 0 Å². The van der Waals surface area contributed by atoms with Gasteiger partial charge in [0.15, 0.2) is 0 Å². The van der Waals surface area contributed by atoms with E-state index in [1.165, 1.54) is 0 Å². The summed E-state index contributed by atoms with van der Waals surface area (Å²) in [6.45, 7) is 13.7. The van der Waals surface area contributed by atoms with Crippen molar-refractivity contribution in [1.82, 2.24) is 0 Å². The van der Waals surface area contributed by atoms with E-state index in [0.717, 1.165) is 18.4 Å². The number of allylic oxidation sites excluding steroid dienone is 1. The predicted octanol–water partition coefficient (Wildman–Crippen LogP) is 6.21. The molecule has 0 fully saturated rings. The Balaban J connectivity index is 2.57. The van der Waals surface area contributed by atoms with Gasteiger partial charge < -0.3 is 9.53 Å². The third-order valence-electron chi connectivity index (χ3n) is 4.87. The molecule has 0 aromatic heterocycles. The van der Waals surface area contributed by atoms with Crippen LogP contribution < -0.4 is 0 Å². The molecule has 0 amide bonds. The first-order valence-electron chi connectivity index (χ1n) is 8.88. The standard InChI is InChI=1S/C20H34O2Si/c1-16(2)23(17(3)4,18(5)6)22-15-11-10-14-20(21)19-12-8-7-9-13-19/h7-9,11-13,15-18,20-21H,10,14H2,1-6H3/b15-11+. The first kappa shape index (κ1) is 20.0. The summed E-state index contributed by atoms with van der Waals surface area (Å²) in [5.41, 5.74) is 2.74. The van der Waals surface area contributed by atoms with E-state index in [2.05, 4.69) is 47.6 Å². The minimum Gasteiger partial charge on any atom is -0.548 e. The van der Waals surface area contributed by atoms with Gasteiger partial charge >= 0.3 is 0 Å². The van der Waals surface area contributed by atoms with Crippen molar-refractivity contribution in [2.24, 2.45) is 0 Å². The number of benzene rings is 1. The van der Waals surface area contributed by atoms with Gasteiger partial charge in [0.1, 0.15) is 0 Å². The SMILES string of the molecule is CC(C)[Si](O/C=C/CCC(O)c1ccccc1)(C(C)C)C(C)C. The number of hydrogen-bond acceptors (Lipinski definition) is 2. The van der Waals surface area contributed by atoms with Gasteiger partial charge in [-0.1, -0.05) is 78.0 Å². The zero-order valence-corrected chi connectivity index (χ0v) is 16.6. The van der Waals surface area contributed by atoms with Crippen LogP contribution in [0.15, 0.2) is 42.7 Å². The second-order valence-electron chi connectivity index (χ2n) is 7.31. The van der Waals surface area contributed by atoms with Crippen LogP contribution in [0.3, 0.4) is 0 Å². The van der Waals surface area contributed by atoms with Crippen molar-refractivity contribution < 1.29 is 9.53 Å². The molecule has 0 aliphatic rings. The maximum Gasteiger partial charge on any atom is 0.257 e. The van der Waals surface area contributed by atoms with Crippen molar-refractivity contribution in [1.29, 1.82) is 0 Å². The van der Waals surface area contributed by atoms with Crippen LogP contribution in [0.4, 0.5) is 0 Å². The summed E-state index contributed by atoms with van der Waals surface area (Å²) in [6.07, 6.45) is 5.13. The monoisotopic (exact) mass is 334 g/mol. The van der Waals surface area contributed by atoms with Crippen molar-refractivity contribution in [3.05, 3.63) is 48.2 Å². The van der Waals surface area contributed by atoms with Gasteiger partial charge in [-0.3, -0.25) is 0 Å². The normalized spacial score (nSPS) is 14.2. The molecule has 0 heterocycles. The predicted molar refractivity (Wildman–Crippen MR) is 102 cm³/mol. The molecule has 1 atom stereocenters. The van der Waals surface area contributed by atoms with Crippen LogP contribution in [0.5, 0.6) is 0 Å². The Bertz CT molecular complexity index is 444. The summed E-state index contributed by atoms with van der Waals surface area (Å²) in [4.78, 5) is 0. The van der Waals surface area contributed by atoms with E-state index in [1.54, 1.807) is 0 Å². The second kappa shape index (κ2) is 9.29. The van der Waals surface area contributed by atoms with Crippen LogP contribution in [-0.2, 0) is 4.43 Å². The van der Waals surface area contributed by atoms with E-state index in [9.17, 15) is 5.11 Å². The van der Waals surface area contributed by atoms with Crippen LogP contribution in [0.1, 0.15) is 66.1 Å². The van der Waals surface area contributed by atoms with Crippen LogP contribution in [0.25, 0.3) is 0 Å². The van der Waals surface area contributed by atoms with Gasteiger partial charge in [0.25, 0.3) is 8.32 Å². The summed E-state index contributed by atoms with van der Waals surface area (Å²) < 4.78 is 6.38. The van der Waals surface area contributed by atoms with Crippen molar-refractivity contribution in [3.63, 3.8) is 0 Å². The van der Waals surface area contributed by atoms with Gasteiger partial charge in [0.05, 0.1) is 12.4 Å². The lowest BCUT2D eigenvalue weighted by molar-refractivity contribution is 0.168. The molecule has 2 nitrogen and oxygen atoms in total. The third kappa shape index (κ3) is 5.22. The van der Waals surface area contributed by atoms with Crippen molar-refractivity contribution in [2.75, 3.05) is 0 Å². The lowest BCUT2D eigenvalue weighted by Crippen LogP contribution is -2.46. The third-order valence-corrected chi connectivity index (χ3v) is 10.8. The molecule has 1 rings (SSSR count). The maximum atomic E-state index is 10.2. The highest BCUT2D eigenvalue weighted by Gasteiger charge is 2.46.